The van der Waals surface area contributed by atoms with Gasteiger partial charge in [0.1, 0.15) is 22.9 Å². The quantitative estimate of drug-likeness (QED) is 0.647. The van der Waals surface area contributed by atoms with Crippen LogP contribution in [0.4, 0.5) is 14.9 Å². The number of halogens is 1. The highest BCUT2D eigenvalue weighted by Crippen LogP contribution is 2.33. The largest absolute Gasteiger partial charge is 0.496 e. The van der Waals surface area contributed by atoms with Gasteiger partial charge in [-0.25, -0.2) is 14.1 Å². The summed E-state index contributed by atoms with van der Waals surface area (Å²) in [6.45, 7) is 1.77. The molecule has 0 bridgehead atoms. The third-order valence-corrected chi connectivity index (χ3v) is 4.30. The second-order valence-corrected chi connectivity index (χ2v) is 5.95. The Bertz CT molecular complexity index is 998. The molecule has 1 aliphatic rings. The number of hydrogen-bond donors (Lipinski definition) is 1. The molecule has 0 unspecified atom stereocenters. The standard InChI is InChI=1S/C20H17FN2O5/c1-11-16(27-2)9-4-12(17(11)28-3)10-15-18(24)22-20(26)23(19(15)25)14-7-5-13(21)6-8-14/h4-10H,1-3H3,(H,22,24,26). The molecule has 7 nitrogen and oxygen atoms in total. The number of nitrogens with zero attached hydrogens (tertiary/aromatic N) is 1. The van der Waals surface area contributed by atoms with Gasteiger partial charge in [-0.2, -0.15) is 0 Å². The molecule has 2 aromatic carbocycles. The summed E-state index contributed by atoms with van der Waals surface area (Å²) in [7, 11) is 2.98. The van der Waals surface area contributed by atoms with Gasteiger partial charge in [-0.3, -0.25) is 14.9 Å². The van der Waals surface area contributed by atoms with E-state index in [1.54, 1.807) is 19.1 Å². The Balaban J connectivity index is 2.07. The predicted octanol–water partition coefficient (Wildman–Crippen LogP) is 2.82. The van der Waals surface area contributed by atoms with E-state index >= 15 is 0 Å². The molecule has 144 valence electrons. The van der Waals surface area contributed by atoms with Crippen molar-refractivity contribution in [3.8, 4) is 11.5 Å². The molecule has 1 N–H and O–H groups in total. The highest BCUT2D eigenvalue weighted by atomic mass is 19.1. The Kier molecular flexibility index (Phi) is 5.12. The van der Waals surface area contributed by atoms with Crippen LogP contribution in [-0.2, 0) is 9.59 Å². The van der Waals surface area contributed by atoms with Crippen LogP contribution in [0.1, 0.15) is 11.1 Å². The minimum atomic E-state index is -0.906. The number of anilines is 1. The SMILES string of the molecule is COc1ccc(C=C2C(=O)NC(=O)N(c3ccc(F)cc3)C2=O)c(OC)c1C. The zero-order valence-corrected chi connectivity index (χ0v) is 15.4. The van der Waals surface area contributed by atoms with E-state index in [-0.39, 0.29) is 11.3 Å². The van der Waals surface area contributed by atoms with Gasteiger partial charge in [-0.15, -0.1) is 0 Å². The number of carbonyl (C=O) groups excluding carboxylic acids is 3. The molecule has 0 aromatic heterocycles. The Morgan fingerprint density at radius 3 is 2.29 bits per heavy atom. The molecule has 1 heterocycles. The lowest BCUT2D eigenvalue weighted by molar-refractivity contribution is -0.122. The smallest absolute Gasteiger partial charge is 0.335 e. The van der Waals surface area contributed by atoms with Crippen LogP contribution in [0.2, 0.25) is 0 Å². The minimum absolute atomic E-state index is 0.139. The third kappa shape index (κ3) is 3.32. The summed E-state index contributed by atoms with van der Waals surface area (Å²) in [5.74, 6) is -1.15. The van der Waals surface area contributed by atoms with Crippen LogP contribution in [0.15, 0.2) is 42.0 Å². The van der Waals surface area contributed by atoms with Gasteiger partial charge >= 0.3 is 6.03 Å². The summed E-state index contributed by atoms with van der Waals surface area (Å²) in [5, 5.41) is 2.12. The second-order valence-electron chi connectivity index (χ2n) is 5.95. The fraction of sp³-hybridized carbons (Fsp3) is 0.150. The highest BCUT2D eigenvalue weighted by molar-refractivity contribution is 6.39. The number of barbiturate groups is 1. The molecular weight excluding hydrogens is 367 g/mol. The number of benzene rings is 2. The van der Waals surface area contributed by atoms with Crippen molar-refractivity contribution in [2.45, 2.75) is 6.92 Å². The van der Waals surface area contributed by atoms with E-state index in [1.165, 1.54) is 32.4 Å². The van der Waals surface area contributed by atoms with Crippen molar-refractivity contribution in [2.75, 3.05) is 19.1 Å². The lowest BCUT2D eigenvalue weighted by Gasteiger charge is -2.26. The fourth-order valence-corrected chi connectivity index (χ4v) is 2.94. The van der Waals surface area contributed by atoms with Crippen LogP contribution < -0.4 is 19.7 Å². The summed E-state index contributed by atoms with van der Waals surface area (Å²) in [4.78, 5) is 38.1. The van der Waals surface area contributed by atoms with Crippen molar-refractivity contribution < 1.29 is 28.2 Å². The molecule has 1 aliphatic heterocycles. The number of hydrogen-bond acceptors (Lipinski definition) is 5. The number of methoxy groups -OCH3 is 2. The normalized spacial score (nSPS) is 15.6. The maximum Gasteiger partial charge on any atom is 0.335 e. The first-order valence-corrected chi connectivity index (χ1v) is 8.26. The lowest BCUT2D eigenvalue weighted by Crippen LogP contribution is -2.54. The summed E-state index contributed by atoms with van der Waals surface area (Å²) in [6, 6.07) is 7.19. The van der Waals surface area contributed by atoms with E-state index in [1.807, 2.05) is 0 Å². The van der Waals surface area contributed by atoms with Gasteiger partial charge in [0.05, 0.1) is 19.9 Å². The second kappa shape index (κ2) is 7.51. The zero-order valence-electron chi connectivity index (χ0n) is 15.4. The number of imide groups is 2. The molecule has 8 heteroatoms. The van der Waals surface area contributed by atoms with Gasteiger partial charge in [-0.05, 0) is 49.4 Å². The van der Waals surface area contributed by atoms with Crippen LogP contribution in [0.5, 0.6) is 11.5 Å². The molecular formula is C20H17FN2O5. The summed E-state index contributed by atoms with van der Waals surface area (Å²) < 4.78 is 23.8. The summed E-state index contributed by atoms with van der Waals surface area (Å²) in [5.41, 5.74) is 1.04. The first-order chi connectivity index (χ1) is 13.4. The summed E-state index contributed by atoms with van der Waals surface area (Å²) in [6.07, 6.45) is 1.34. The number of rotatable bonds is 4. The Morgan fingerprint density at radius 2 is 1.68 bits per heavy atom. The van der Waals surface area contributed by atoms with Crippen molar-refractivity contribution in [2.24, 2.45) is 0 Å². The van der Waals surface area contributed by atoms with Crippen molar-refractivity contribution in [3.63, 3.8) is 0 Å². The van der Waals surface area contributed by atoms with E-state index in [4.69, 9.17) is 9.47 Å². The Morgan fingerprint density at radius 1 is 1.00 bits per heavy atom. The van der Waals surface area contributed by atoms with E-state index in [0.717, 1.165) is 17.0 Å². The molecule has 1 fully saturated rings. The molecule has 4 amide bonds. The molecule has 0 spiro atoms. The van der Waals surface area contributed by atoms with Gasteiger partial charge in [-0.1, -0.05) is 0 Å². The molecule has 2 aromatic rings. The monoisotopic (exact) mass is 384 g/mol. The molecule has 0 saturated carbocycles. The van der Waals surface area contributed by atoms with E-state index < -0.39 is 23.7 Å². The van der Waals surface area contributed by atoms with Gasteiger partial charge in [0.15, 0.2) is 0 Å². The minimum Gasteiger partial charge on any atom is -0.496 e. The first-order valence-electron chi connectivity index (χ1n) is 8.26. The lowest BCUT2D eigenvalue weighted by atomic mass is 10.0. The molecule has 28 heavy (non-hydrogen) atoms. The summed E-state index contributed by atoms with van der Waals surface area (Å²) >= 11 is 0. The molecule has 0 atom stereocenters. The number of urea groups is 1. The van der Waals surface area contributed by atoms with Crippen LogP contribution >= 0.6 is 0 Å². The maximum absolute atomic E-state index is 13.2. The molecule has 0 radical (unpaired) electrons. The number of amides is 4. The van der Waals surface area contributed by atoms with Crippen molar-refractivity contribution >= 4 is 29.6 Å². The van der Waals surface area contributed by atoms with Gasteiger partial charge in [0, 0.05) is 11.1 Å². The Labute approximate surface area is 160 Å². The van der Waals surface area contributed by atoms with Crippen molar-refractivity contribution in [3.05, 3.63) is 58.9 Å². The van der Waals surface area contributed by atoms with Gasteiger partial charge in [0.25, 0.3) is 11.8 Å². The van der Waals surface area contributed by atoms with Crippen molar-refractivity contribution in [1.29, 1.82) is 0 Å². The van der Waals surface area contributed by atoms with Crippen LogP contribution in [-0.4, -0.2) is 32.1 Å². The number of ether oxygens (including phenoxy) is 2. The number of carbonyl (C=O) groups is 3. The van der Waals surface area contributed by atoms with Crippen LogP contribution in [0.3, 0.4) is 0 Å². The molecule has 1 saturated heterocycles. The average Bonchev–Trinajstić information content (AvgIpc) is 2.66. The molecule has 3 rings (SSSR count). The van der Waals surface area contributed by atoms with Crippen LogP contribution in [0, 0.1) is 12.7 Å². The van der Waals surface area contributed by atoms with E-state index in [0.29, 0.717) is 22.6 Å². The predicted molar refractivity (Wildman–Crippen MR) is 99.7 cm³/mol. The van der Waals surface area contributed by atoms with Crippen molar-refractivity contribution in [1.82, 2.24) is 5.32 Å². The number of nitrogens with one attached hydrogen (secondary N) is 1. The Hall–Kier alpha value is -3.68. The van der Waals surface area contributed by atoms with E-state index in [9.17, 15) is 18.8 Å². The topological polar surface area (TPSA) is 84.9 Å². The average molecular weight is 384 g/mol. The zero-order chi connectivity index (χ0) is 20.4. The van der Waals surface area contributed by atoms with Gasteiger partial charge < -0.3 is 9.47 Å². The fourth-order valence-electron chi connectivity index (χ4n) is 2.94. The third-order valence-electron chi connectivity index (χ3n) is 4.30. The van der Waals surface area contributed by atoms with Crippen LogP contribution in [0.25, 0.3) is 6.08 Å². The van der Waals surface area contributed by atoms with E-state index in [2.05, 4.69) is 5.32 Å². The van der Waals surface area contributed by atoms with Gasteiger partial charge in [0.2, 0.25) is 0 Å². The first kappa shape index (κ1) is 19.1. The molecule has 0 aliphatic carbocycles. The highest BCUT2D eigenvalue weighted by Gasteiger charge is 2.37. The maximum atomic E-state index is 13.2.